The smallest absolute Gasteiger partial charge is 0.0247 e. The first kappa shape index (κ1) is 14.5. The average Bonchev–Trinajstić information content (AvgIpc) is 2.39. The maximum atomic E-state index is 3.51. The molecular weight excluding hydrogens is 232 g/mol. The van der Waals surface area contributed by atoms with E-state index >= 15 is 0 Å². The Balaban J connectivity index is 2.02. The lowest BCUT2D eigenvalue weighted by Crippen LogP contribution is -2.52. The molecule has 106 valence electrons. The summed E-state index contributed by atoms with van der Waals surface area (Å²) in [6.07, 6.45) is 0. The van der Waals surface area contributed by atoms with Crippen LogP contribution in [0.3, 0.4) is 0 Å². The van der Waals surface area contributed by atoms with Crippen LogP contribution in [0.15, 0.2) is 24.3 Å². The normalized spacial score (nSPS) is 21.3. The molecule has 0 spiro atoms. The second-order valence-electron chi connectivity index (χ2n) is 6.38. The van der Waals surface area contributed by atoms with Crippen LogP contribution in [-0.4, -0.2) is 30.6 Å². The zero-order valence-electron chi connectivity index (χ0n) is 12.8. The van der Waals surface area contributed by atoms with Gasteiger partial charge >= 0.3 is 0 Å². The summed E-state index contributed by atoms with van der Waals surface area (Å²) in [6.45, 7) is 13.6. The molecule has 19 heavy (non-hydrogen) atoms. The van der Waals surface area contributed by atoms with E-state index in [9.17, 15) is 0 Å². The van der Waals surface area contributed by atoms with Gasteiger partial charge in [0.25, 0.3) is 0 Å². The fraction of sp³-hybridized carbons (Fsp3) is 0.647. The third-order valence-corrected chi connectivity index (χ3v) is 4.20. The van der Waals surface area contributed by atoms with Gasteiger partial charge < -0.3 is 5.32 Å². The molecule has 0 bridgehead atoms. The first-order valence-corrected chi connectivity index (χ1v) is 7.61. The van der Waals surface area contributed by atoms with Crippen LogP contribution in [-0.2, 0) is 6.54 Å². The number of benzene rings is 1. The second-order valence-corrected chi connectivity index (χ2v) is 6.38. The second kappa shape index (κ2) is 6.53. The van der Waals surface area contributed by atoms with E-state index in [1.807, 2.05) is 0 Å². The summed E-state index contributed by atoms with van der Waals surface area (Å²) in [5, 5.41) is 3.51. The third kappa shape index (κ3) is 3.80. The quantitative estimate of drug-likeness (QED) is 0.894. The highest BCUT2D eigenvalue weighted by Crippen LogP contribution is 2.19. The molecule has 1 unspecified atom stereocenters. The van der Waals surface area contributed by atoms with Crippen LogP contribution in [0.1, 0.15) is 44.7 Å². The first-order valence-electron chi connectivity index (χ1n) is 7.61. The van der Waals surface area contributed by atoms with E-state index in [1.165, 1.54) is 11.1 Å². The van der Waals surface area contributed by atoms with Crippen molar-refractivity contribution >= 4 is 0 Å². The number of hydrogen-bond donors (Lipinski definition) is 1. The lowest BCUT2D eigenvalue weighted by atomic mass is 9.98. The molecule has 1 aliphatic rings. The molecule has 0 amide bonds. The van der Waals surface area contributed by atoms with Crippen LogP contribution in [0, 0.1) is 5.92 Å². The van der Waals surface area contributed by atoms with Crippen LogP contribution < -0.4 is 5.32 Å². The Bertz CT molecular complexity index is 381. The molecule has 0 aliphatic carbocycles. The summed E-state index contributed by atoms with van der Waals surface area (Å²) in [4.78, 5) is 2.63. The molecule has 1 saturated heterocycles. The largest absolute Gasteiger partial charge is 0.314 e. The summed E-state index contributed by atoms with van der Waals surface area (Å²) in [5.74, 6) is 1.33. The lowest BCUT2D eigenvalue weighted by molar-refractivity contribution is 0.117. The molecule has 1 N–H and O–H groups in total. The van der Waals surface area contributed by atoms with Gasteiger partial charge in [0.15, 0.2) is 0 Å². The number of rotatable bonds is 4. The zero-order valence-corrected chi connectivity index (χ0v) is 12.8. The summed E-state index contributed by atoms with van der Waals surface area (Å²) in [5.41, 5.74) is 2.88. The molecule has 1 heterocycles. The third-order valence-electron chi connectivity index (χ3n) is 4.20. The summed E-state index contributed by atoms with van der Waals surface area (Å²) in [6, 6.07) is 9.83. The minimum absolute atomic E-state index is 0.622. The molecule has 1 atom stereocenters. The van der Waals surface area contributed by atoms with Gasteiger partial charge in [-0.2, -0.15) is 0 Å². The van der Waals surface area contributed by atoms with Gasteiger partial charge in [0.05, 0.1) is 0 Å². The number of nitrogens with one attached hydrogen (secondary N) is 1. The predicted molar refractivity (Wildman–Crippen MR) is 82.4 cm³/mol. The van der Waals surface area contributed by atoms with E-state index in [2.05, 4.69) is 62.2 Å². The fourth-order valence-electron chi connectivity index (χ4n) is 2.86. The van der Waals surface area contributed by atoms with Crippen molar-refractivity contribution < 1.29 is 0 Å². The van der Waals surface area contributed by atoms with Crippen LogP contribution in [0.25, 0.3) is 0 Å². The van der Waals surface area contributed by atoms with Crippen LogP contribution in [0.2, 0.25) is 0 Å². The SMILES string of the molecule is CC(C)c1ccc(CN2CCNCC2C(C)C)cc1. The van der Waals surface area contributed by atoms with E-state index in [-0.39, 0.29) is 0 Å². The Hall–Kier alpha value is -0.860. The van der Waals surface area contributed by atoms with E-state index in [0.29, 0.717) is 17.9 Å². The molecule has 2 nitrogen and oxygen atoms in total. The maximum Gasteiger partial charge on any atom is 0.0247 e. The van der Waals surface area contributed by atoms with E-state index < -0.39 is 0 Å². The first-order chi connectivity index (χ1) is 9.08. The molecular formula is C17H28N2. The van der Waals surface area contributed by atoms with Crippen LogP contribution in [0.4, 0.5) is 0 Å². The Morgan fingerprint density at radius 2 is 1.84 bits per heavy atom. The number of piperazine rings is 1. The zero-order chi connectivity index (χ0) is 13.8. The van der Waals surface area contributed by atoms with Crippen molar-refractivity contribution in [3.05, 3.63) is 35.4 Å². The van der Waals surface area contributed by atoms with Crippen molar-refractivity contribution in [2.45, 2.75) is 46.2 Å². The molecule has 1 aliphatic heterocycles. The Morgan fingerprint density at radius 1 is 1.16 bits per heavy atom. The number of nitrogens with zero attached hydrogens (tertiary/aromatic N) is 1. The van der Waals surface area contributed by atoms with Crippen molar-refractivity contribution in [2.24, 2.45) is 5.92 Å². The van der Waals surface area contributed by atoms with Crippen LogP contribution in [0.5, 0.6) is 0 Å². The predicted octanol–water partition coefficient (Wildman–Crippen LogP) is 3.24. The van der Waals surface area contributed by atoms with Crippen molar-refractivity contribution in [2.75, 3.05) is 19.6 Å². The van der Waals surface area contributed by atoms with Gasteiger partial charge in [0.2, 0.25) is 0 Å². The van der Waals surface area contributed by atoms with Gasteiger partial charge in [-0.05, 0) is 23.0 Å². The highest BCUT2D eigenvalue weighted by Gasteiger charge is 2.24. The number of hydrogen-bond acceptors (Lipinski definition) is 2. The van der Waals surface area contributed by atoms with Gasteiger partial charge in [-0.3, -0.25) is 4.90 Å². The highest BCUT2D eigenvalue weighted by atomic mass is 15.2. The standard InChI is InChI=1S/C17H28N2/c1-13(2)16-7-5-15(6-8-16)12-19-10-9-18-11-17(19)14(3)4/h5-8,13-14,17-18H,9-12H2,1-4H3. The van der Waals surface area contributed by atoms with Gasteiger partial charge in [-0.15, -0.1) is 0 Å². The van der Waals surface area contributed by atoms with E-state index in [1.54, 1.807) is 0 Å². The van der Waals surface area contributed by atoms with Gasteiger partial charge in [-0.1, -0.05) is 52.0 Å². The summed E-state index contributed by atoms with van der Waals surface area (Å²) >= 11 is 0. The summed E-state index contributed by atoms with van der Waals surface area (Å²) in [7, 11) is 0. The maximum absolute atomic E-state index is 3.51. The monoisotopic (exact) mass is 260 g/mol. The Morgan fingerprint density at radius 3 is 2.42 bits per heavy atom. The lowest BCUT2D eigenvalue weighted by Gasteiger charge is -2.38. The minimum atomic E-state index is 0.622. The highest BCUT2D eigenvalue weighted by molar-refractivity contribution is 5.24. The Labute approximate surface area is 118 Å². The topological polar surface area (TPSA) is 15.3 Å². The van der Waals surface area contributed by atoms with Gasteiger partial charge in [0, 0.05) is 32.2 Å². The molecule has 0 aromatic heterocycles. The van der Waals surface area contributed by atoms with Crippen LogP contribution >= 0.6 is 0 Å². The van der Waals surface area contributed by atoms with Gasteiger partial charge in [0.1, 0.15) is 0 Å². The molecule has 2 rings (SSSR count). The molecule has 0 saturated carbocycles. The summed E-state index contributed by atoms with van der Waals surface area (Å²) < 4.78 is 0. The molecule has 1 aromatic carbocycles. The molecule has 2 heteroatoms. The van der Waals surface area contributed by atoms with E-state index in [4.69, 9.17) is 0 Å². The fourth-order valence-corrected chi connectivity index (χ4v) is 2.86. The van der Waals surface area contributed by atoms with Gasteiger partial charge in [-0.25, -0.2) is 0 Å². The Kier molecular flexibility index (Phi) is 5.00. The average molecular weight is 260 g/mol. The molecule has 1 fully saturated rings. The molecule has 0 radical (unpaired) electrons. The van der Waals surface area contributed by atoms with Crippen molar-refractivity contribution in [3.63, 3.8) is 0 Å². The van der Waals surface area contributed by atoms with Crippen molar-refractivity contribution in [3.8, 4) is 0 Å². The van der Waals surface area contributed by atoms with E-state index in [0.717, 1.165) is 26.2 Å². The minimum Gasteiger partial charge on any atom is -0.314 e. The molecule has 1 aromatic rings. The van der Waals surface area contributed by atoms with Crippen molar-refractivity contribution in [1.82, 2.24) is 10.2 Å². The van der Waals surface area contributed by atoms with Crippen molar-refractivity contribution in [1.29, 1.82) is 0 Å².